The Bertz CT molecular complexity index is 284. The molecule has 0 radical (unpaired) electrons. The normalized spacial score (nSPS) is 33.2. The van der Waals surface area contributed by atoms with E-state index in [1.807, 2.05) is 0 Å². The van der Waals surface area contributed by atoms with Crippen molar-refractivity contribution in [1.82, 2.24) is 4.90 Å². The van der Waals surface area contributed by atoms with Crippen LogP contribution in [0.3, 0.4) is 0 Å². The number of hydrogen-bond donors (Lipinski definition) is 0. The summed E-state index contributed by atoms with van der Waals surface area (Å²) in [5.74, 6) is 1.21. The van der Waals surface area contributed by atoms with Gasteiger partial charge in [-0.25, -0.2) is 0 Å². The highest BCUT2D eigenvalue weighted by atomic mass is 32.2. The summed E-state index contributed by atoms with van der Waals surface area (Å²) in [6, 6.07) is 0. The summed E-state index contributed by atoms with van der Waals surface area (Å²) in [5.41, 5.74) is -0.00861. The molecule has 2 aliphatic rings. The smallest absolute Gasteiger partial charge is 0.107 e. The average Bonchev–Trinajstić information content (AvgIpc) is 2.74. The number of hydrogen-bond acceptors (Lipinski definition) is 4. The van der Waals surface area contributed by atoms with Crippen molar-refractivity contribution in [1.29, 1.82) is 0 Å². The molecule has 2 saturated heterocycles. The van der Waals surface area contributed by atoms with Crippen molar-refractivity contribution in [3.8, 4) is 0 Å². The van der Waals surface area contributed by atoms with E-state index in [9.17, 15) is 0 Å². The van der Waals surface area contributed by atoms with Crippen LogP contribution in [-0.2, 0) is 9.47 Å². The fourth-order valence-electron chi connectivity index (χ4n) is 2.86. The van der Waals surface area contributed by atoms with Crippen molar-refractivity contribution >= 4 is 11.8 Å². The Morgan fingerprint density at radius 1 is 1.37 bits per heavy atom. The second-order valence-electron chi connectivity index (χ2n) is 6.83. The maximum Gasteiger partial charge on any atom is 0.107 e. The predicted molar refractivity (Wildman–Crippen MR) is 82.0 cm³/mol. The zero-order chi connectivity index (χ0) is 13.9. The number of ether oxygens (including phenoxy) is 2. The molecule has 19 heavy (non-hydrogen) atoms. The van der Waals surface area contributed by atoms with Crippen LogP contribution < -0.4 is 0 Å². The molecule has 3 nitrogen and oxygen atoms in total. The van der Waals surface area contributed by atoms with Gasteiger partial charge in [-0.3, -0.25) is 4.90 Å². The lowest BCUT2D eigenvalue weighted by Crippen LogP contribution is -2.56. The SMILES string of the molecule is CC[C@H]1CN(CCSC(C)(C)C)C[C@@]2(CCOC2)O1. The van der Waals surface area contributed by atoms with Crippen molar-refractivity contribution in [3.05, 3.63) is 0 Å². The lowest BCUT2D eigenvalue weighted by Gasteiger charge is -2.44. The highest BCUT2D eigenvalue weighted by Crippen LogP contribution is 2.31. The van der Waals surface area contributed by atoms with Gasteiger partial charge in [-0.05, 0) is 6.42 Å². The summed E-state index contributed by atoms with van der Waals surface area (Å²) in [6.45, 7) is 14.0. The largest absolute Gasteiger partial charge is 0.378 e. The monoisotopic (exact) mass is 287 g/mol. The molecule has 0 aromatic heterocycles. The molecule has 1 spiro atoms. The molecule has 0 aliphatic carbocycles. The highest BCUT2D eigenvalue weighted by molar-refractivity contribution is 8.00. The molecule has 4 heteroatoms. The van der Waals surface area contributed by atoms with Crippen LogP contribution in [0.4, 0.5) is 0 Å². The first-order valence-corrected chi connectivity index (χ1v) is 8.53. The summed E-state index contributed by atoms with van der Waals surface area (Å²) in [7, 11) is 0. The van der Waals surface area contributed by atoms with Crippen molar-refractivity contribution in [2.45, 2.75) is 57.0 Å². The van der Waals surface area contributed by atoms with E-state index in [2.05, 4.69) is 44.4 Å². The van der Waals surface area contributed by atoms with Crippen molar-refractivity contribution < 1.29 is 9.47 Å². The van der Waals surface area contributed by atoms with E-state index in [1.54, 1.807) is 0 Å². The van der Waals surface area contributed by atoms with E-state index in [4.69, 9.17) is 9.47 Å². The Balaban J connectivity index is 1.85. The number of thioether (sulfide) groups is 1. The minimum atomic E-state index is -0.00861. The van der Waals surface area contributed by atoms with Crippen LogP contribution in [0.15, 0.2) is 0 Å². The first-order chi connectivity index (χ1) is 8.92. The standard InChI is InChI=1S/C15H29NO2S/c1-5-13-10-16(7-9-19-14(2,3)4)11-15(18-13)6-8-17-12-15/h13H,5-12H2,1-4H3/t13-,15+/m0/s1. The van der Waals surface area contributed by atoms with Gasteiger partial charge >= 0.3 is 0 Å². The van der Waals surface area contributed by atoms with E-state index >= 15 is 0 Å². The van der Waals surface area contributed by atoms with Gasteiger partial charge in [0.05, 0.1) is 12.7 Å². The lowest BCUT2D eigenvalue weighted by atomic mass is 9.98. The van der Waals surface area contributed by atoms with Gasteiger partial charge < -0.3 is 9.47 Å². The minimum absolute atomic E-state index is 0.00861. The summed E-state index contributed by atoms with van der Waals surface area (Å²) >= 11 is 2.05. The topological polar surface area (TPSA) is 21.7 Å². The third-order valence-electron chi connectivity index (χ3n) is 3.86. The molecule has 0 unspecified atom stereocenters. The molecule has 2 aliphatic heterocycles. The van der Waals surface area contributed by atoms with Crippen LogP contribution in [0.1, 0.15) is 40.5 Å². The van der Waals surface area contributed by atoms with Gasteiger partial charge in [0.1, 0.15) is 5.60 Å². The second kappa shape index (κ2) is 6.33. The highest BCUT2D eigenvalue weighted by Gasteiger charge is 2.43. The third-order valence-corrected chi connectivity index (χ3v) is 5.11. The van der Waals surface area contributed by atoms with Gasteiger partial charge in [0.2, 0.25) is 0 Å². The molecule has 0 aromatic rings. The fourth-order valence-corrected chi connectivity index (χ4v) is 3.82. The van der Waals surface area contributed by atoms with E-state index in [0.717, 1.165) is 39.1 Å². The molecule has 0 amide bonds. The summed E-state index contributed by atoms with van der Waals surface area (Å²) < 4.78 is 12.2. The average molecular weight is 287 g/mol. The Hall–Kier alpha value is 0.230. The third kappa shape index (κ3) is 4.62. The van der Waals surface area contributed by atoms with Crippen LogP contribution in [0.2, 0.25) is 0 Å². The summed E-state index contributed by atoms with van der Waals surface area (Å²) in [5, 5.41) is 0. The van der Waals surface area contributed by atoms with E-state index in [-0.39, 0.29) is 5.60 Å². The van der Waals surface area contributed by atoms with Crippen LogP contribution in [0.5, 0.6) is 0 Å². The fraction of sp³-hybridized carbons (Fsp3) is 1.00. The Labute approximate surface area is 122 Å². The number of morpholine rings is 1. The first-order valence-electron chi connectivity index (χ1n) is 7.54. The molecule has 2 fully saturated rings. The van der Waals surface area contributed by atoms with E-state index in [0.29, 0.717) is 10.9 Å². The maximum absolute atomic E-state index is 6.29. The Morgan fingerprint density at radius 3 is 2.74 bits per heavy atom. The van der Waals surface area contributed by atoms with E-state index < -0.39 is 0 Å². The second-order valence-corrected chi connectivity index (χ2v) is 8.75. The molecular formula is C15H29NO2S. The Kier molecular flexibility index (Phi) is 5.21. The molecular weight excluding hydrogens is 258 g/mol. The number of rotatable bonds is 4. The molecule has 0 bridgehead atoms. The van der Waals surface area contributed by atoms with Gasteiger partial charge in [-0.2, -0.15) is 11.8 Å². The zero-order valence-corrected chi connectivity index (χ0v) is 13.7. The molecule has 112 valence electrons. The van der Waals surface area contributed by atoms with E-state index in [1.165, 1.54) is 12.3 Å². The van der Waals surface area contributed by atoms with Gasteiger partial charge in [-0.1, -0.05) is 27.7 Å². The predicted octanol–water partition coefficient (Wildman–Crippen LogP) is 2.79. The van der Waals surface area contributed by atoms with Crippen molar-refractivity contribution in [3.63, 3.8) is 0 Å². The molecule has 2 rings (SSSR count). The molecule has 0 N–H and O–H groups in total. The quantitative estimate of drug-likeness (QED) is 0.792. The minimum Gasteiger partial charge on any atom is -0.378 e. The number of nitrogens with zero attached hydrogens (tertiary/aromatic N) is 1. The van der Waals surface area contributed by atoms with Crippen LogP contribution >= 0.6 is 11.8 Å². The maximum atomic E-state index is 6.29. The summed E-state index contributed by atoms with van der Waals surface area (Å²) in [4.78, 5) is 2.59. The van der Waals surface area contributed by atoms with Gasteiger partial charge in [-0.15, -0.1) is 0 Å². The van der Waals surface area contributed by atoms with Crippen LogP contribution in [0.25, 0.3) is 0 Å². The first kappa shape index (κ1) is 15.6. The van der Waals surface area contributed by atoms with Crippen LogP contribution in [0, 0.1) is 0 Å². The van der Waals surface area contributed by atoms with Crippen LogP contribution in [-0.4, -0.2) is 60.0 Å². The van der Waals surface area contributed by atoms with Gasteiger partial charge in [0.15, 0.2) is 0 Å². The molecule has 2 heterocycles. The van der Waals surface area contributed by atoms with Crippen molar-refractivity contribution in [2.75, 3.05) is 38.6 Å². The molecule has 0 aromatic carbocycles. The Morgan fingerprint density at radius 2 is 2.16 bits per heavy atom. The van der Waals surface area contributed by atoms with Gasteiger partial charge in [0, 0.05) is 43.2 Å². The zero-order valence-electron chi connectivity index (χ0n) is 12.9. The molecule has 0 saturated carbocycles. The van der Waals surface area contributed by atoms with Crippen molar-refractivity contribution in [2.24, 2.45) is 0 Å². The van der Waals surface area contributed by atoms with Gasteiger partial charge in [0.25, 0.3) is 0 Å². The lowest BCUT2D eigenvalue weighted by molar-refractivity contribution is -0.153. The summed E-state index contributed by atoms with van der Waals surface area (Å²) in [6.07, 6.45) is 2.55. The molecule has 2 atom stereocenters.